The highest BCUT2D eigenvalue weighted by Gasteiger charge is 2.37. The first-order chi connectivity index (χ1) is 15.8. The molecule has 9 nitrogen and oxygen atoms in total. The van der Waals surface area contributed by atoms with E-state index in [1.54, 1.807) is 6.07 Å². The van der Waals surface area contributed by atoms with Gasteiger partial charge in [0.05, 0.1) is 24.3 Å². The molecule has 0 radical (unpaired) electrons. The van der Waals surface area contributed by atoms with E-state index in [0.29, 0.717) is 12.1 Å². The first kappa shape index (κ1) is 24.9. The Morgan fingerprint density at radius 3 is 2.12 bits per heavy atom. The Kier molecular flexibility index (Phi) is 6.77. The van der Waals surface area contributed by atoms with Crippen LogP contribution in [0.5, 0.6) is 0 Å². The van der Waals surface area contributed by atoms with Crippen LogP contribution in [0.2, 0.25) is 0 Å². The number of nitrogens with zero attached hydrogens (tertiary/aromatic N) is 6. The molecule has 3 rings (SSSR count). The summed E-state index contributed by atoms with van der Waals surface area (Å²) in [5, 5.41) is 7.70. The van der Waals surface area contributed by atoms with Crippen LogP contribution >= 0.6 is 0 Å². The van der Waals surface area contributed by atoms with Crippen molar-refractivity contribution in [2.75, 3.05) is 19.2 Å². The van der Waals surface area contributed by atoms with Gasteiger partial charge in [0, 0.05) is 25.0 Å². The van der Waals surface area contributed by atoms with E-state index in [2.05, 4.69) is 25.4 Å². The van der Waals surface area contributed by atoms with Gasteiger partial charge in [0.2, 0.25) is 0 Å². The van der Waals surface area contributed by atoms with Crippen molar-refractivity contribution in [2.45, 2.75) is 25.3 Å². The van der Waals surface area contributed by atoms with Crippen molar-refractivity contribution in [1.29, 1.82) is 0 Å². The fourth-order valence-corrected chi connectivity index (χ4v) is 2.79. The summed E-state index contributed by atoms with van der Waals surface area (Å²) in [6.07, 6.45) is -7.35. The molecule has 0 bridgehead atoms. The molecule has 34 heavy (non-hydrogen) atoms. The first-order valence-corrected chi connectivity index (χ1v) is 9.43. The number of carbonyl (C=O) groups is 1. The molecule has 15 heteroatoms. The molecule has 0 saturated heterocycles. The van der Waals surface area contributed by atoms with E-state index in [-0.39, 0.29) is 23.8 Å². The summed E-state index contributed by atoms with van der Waals surface area (Å²) < 4.78 is 79.9. The number of anilines is 1. The summed E-state index contributed by atoms with van der Waals surface area (Å²) in [6, 6.07) is 1.13. The Balaban J connectivity index is 1.98. The molecule has 0 aliphatic heterocycles. The molecule has 0 fully saturated rings. The summed E-state index contributed by atoms with van der Waals surface area (Å²) in [7, 11) is 2.83. The number of aromatic nitrogens is 5. The zero-order chi connectivity index (χ0) is 25.3. The second-order valence-corrected chi connectivity index (χ2v) is 6.90. The van der Waals surface area contributed by atoms with Gasteiger partial charge in [0.15, 0.2) is 5.82 Å². The van der Waals surface area contributed by atoms with Crippen LogP contribution in [-0.2, 0) is 17.2 Å². The molecule has 1 aromatic carbocycles. The monoisotopic (exact) mass is 489 g/mol. The molecule has 3 aromatic rings. The molecule has 0 unspecified atom stereocenters. The van der Waals surface area contributed by atoms with Crippen LogP contribution in [0.4, 0.5) is 32.3 Å². The summed E-state index contributed by atoms with van der Waals surface area (Å²) >= 11 is 0. The number of halogens is 6. The predicted octanol–water partition coefficient (Wildman–Crippen LogP) is 3.58. The standard InChI is InChI=1S/C19H17F6N7O2/c1-10(14-29-17(31(2)34-3)30-32(14)16-26-5-4-6-27-16)28-15(33)11-7-12(18(20,21)22)9-13(8-11)19(23,24)25/h4-10H,1-3H3,(H,28,33)/t10-/m0/s1. The molecule has 182 valence electrons. The van der Waals surface area contributed by atoms with Crippen molar-refractivity contribution >= 4 is 11.9 Å². The van der Waals surface area contributed by atoms with Gasteiger partial charge in [-0.2, -0.15) is 36.0 Å². The van der Waals surface area contributed by atoms with Crippen LogP contribution in [0.25, 0.3) is 5.95 Å². The van der Waals surface area contributed by atoms with Gasteiger partial charge in [0.1, 0.15) is 0 Å². The Labute approximate surface area is 188 Å². The summed E-state index contributed by atoms with van der Waals surface area (Å²) in [5.41, 5.74) is -4.04. The van der Waals surface area contributed by atoms with Gasteiger partial charge < -0.3 is 5.32 Å². The lowest BCUT2D eigenvalue weighted by molar-refractivity contribution is -0.143. The average Bonchev–Trinajstić information content (AvgIpc) is 3.23. The van der Waals surface area contributed by atoms with Gasteiger partial charge in [-0.1, -0.05) is 0 Å². The van der Waals surface area contributed by atoms with Crippen molar-refractivity contribution in [1.82, 2.24) is 30.0 Å². The molecule has 1 atom stereocenters. The van der Waals surface area contributed by atoms with Crippen LogP contribution in [-0.4, -0.2) is 44.8 Å². The zero-order valence-corrected chi connectivity index (χ0v) is 17.8. The number of alkyl halides is 6. The Morgan fingerprint density at radius 1 is 1.06 bits per heavy atom. The topological polar surface area (TPSA) is 98.1 Å². The average molecular weight is 489 g/mol. The van der Waals surface area contributed by atoms with Gasteiger partial charge >= 0.3 is 12.4 Å². The highest BCUT2D eigenvalue weighted by molar-refractivity contribution is 5.94. The molecule has 0 spiro atoms. The third kappa shape index (κ3) is 5.41. The van der Waals surface area contributed by atoms with Gasteiger partial charge in [-0.3, -0.25) is 9.63 Å². The number of hydroxylamine groups is 1. The van der Waals surface area contributed by atoms with Gasteiger partial charge in [-0.25, -0.2) is 15.0 Å². The van der Waals surface area contributed by atoms with E-state index in [0.717, 1.165) is 4.68 Å². The molecule has 0 aliphatic rings. The van der Waals surface area contributed by atoms with E-state index in [1.165, 1.54) is 38.5 Å². The van der Waals surface area contributed by atoms with Crippen LogP contribution in [0.1, 0.15) is 40.3 Å². The van der Waals surface area contributed by atoms with Crippen LogP contribution in [0, 0.1) is 0 Å². The lowest BCUT2D eigenvalue weighted by Crippen LogP contribution is -2.29. The summed E-state index contributed by atoms with van der Waals surface area (Å²) in [4.78, 5) is 30.0. The molecule has 0 saturated carbocycles. The smallest absolute Gasteiger partial charge is 0.342 e. The third-order valence-corrected chi connectivity index (χ3v) is 4.50. The minimum Gasteiger partial charge on any atom is -0.342 e. The van der Waals surface area contributed by atoms with Crippen molar-refractivity contribution in [3.63, 3.8) is 0 Å². The number of amides is 1. The van der Waals surface area contributed by atoms with Crippen molar-refractivity contribution in [3.8, 4) is 5.95 Å². The first-order valence-electron chi connectivity index (χ1n) is 9.43. The Hall–Kier alpha value is -3.75. The third-order valence-electron chi connectivity index (χ3n) is 4.50. The Morgan fingerprint density at radius 2 is 1.62 bits per heavy atom. The molecule has 0 aliphatic carbocycles. The lowest BCUT2D eigenvalue weighted by atomic mass is 10.0. The molecule has 1 N–H and O–H groups in total. The second-order valence-electron chi connectivity index (χ2n) is 6.90. The van der Waals surface area contributed by atoms with Crippen molar-refractivity contribution in [2.24, 2.45) is 0 Å². The van der Waals surface area contributed by atoms with Crippen LogP contribution in [0.15, 0.2) is 36.7 Å². The van der Waals surface area contributed by atoms with E-state index in [9.17, 15) is 31.1 Å². The van der Waals surface area contributed by atoms with Gasteiger partial charge in [0.25, 0.3) is 17.8 Å². The van der Waals surface area contributed by atoms with Crippen molar-refractivity contribution in [3.05, 3.63) is 59.2 Å². The minimum absolute atomic E-state index is 0.0319. The molecular weight excluding hydrogens is 472 g/mol. The maximum absolute atomic E-state index is 13.1. The lowest BCUT2D eigenvalue weighted by Gasteiger charge is -2.16. The normalized spacial score (nSPS) is 13.0. The number of hydrogen-bond acceptors (Lipinski definition) is 7. The highest BCUT2D eigenvalue weighted by atomic mass is 19.4. The Bertz CT molecular complexity index is 1130. The number of hydrogen-bond donors (Lipinski definition) is 1. The number of rotatable bonds is 6. The summed E-state index contributed by atoms with van der Waals surface area (Å²) in [6.45, 7) is 1.41. The largest absolute Gasteiger partial charge is 0.416 e. The molecule has 2 aromatic heterocycles. The van der Waals surface area contributed by atoms with Gasteiger partial charge in [-0.05, 0) is 31.2 Å². The molecule has 1 amide bonds. The fourth-order valence-electron chi connectivity index (χ4n) is 2.79. The van der Waals surface area contributed by atoms with Crippen LogP contribution in [0.3, 0.4) is 0 Å². The minimum atomic E-state index is -5.09. The maximum Gasteiger partial charge on any atom is 0.416 e. The number of benzene rings is 1. The van der Waals surface area contributed by atoms with Crippen molar-refractivity contribution < 1.29 is 36.0 Å². The van der Waals surface area contributed by atoms with E-state index >= 15 is 0 Å². The van der Waals surface area contributed by atoms with E-state index in [1.807, 2.05) is 0 Å². The van der Waals surface area contributed by atoms with Crippen LogP contribution < -0.4 is 10.4 Å². The number of nitrogens with one attached hydrogen (secondary N) is 1. The fraction of sp³-hybridized carbons (Fsp3) is 0.316. The zero-order valence-electron chi connectivity index (χ0n) is 17.8. The molecule has 2 heterocycles. The summed E-state index contributed by atoms with van der Waals surface area (Å²) in [5.74, 6) is -1.06. The maximum atomic E-state index is 13.1. The second kappa shape index (κ2) is 9.24. The SMILES string of the molecule is CON(C)c1nc([C@H](C)NC(=O)c2cc(C(F)(F)F)cc(C(F)(F)F)c2)n(-c2ncccn2)n1. The number of carbonyl (C=O) groups excluding carboxylic acids is 1. The van der Waals surface area contributed by atoms with Gasteiger partial charge in [-0.15, -0.1) is 5.10 Å². The van der Waals surface area contributed by atoms with E-state index in [4.69, 9.17) is 4.84 Å². The quantitative estimate of drug-likeness (QED) is 0.418. The predicted molar refractivity (Wildman–Crippen MR) is 105 cm³/mol. The molecular formula is C19H17F6N7O2. The highest BCUT2D eigenvalue weighted by Crippen LogP contribution is 2.36. The van der Waals surface area contributed by atoms with E-state index < -0.39 is 41.0 Å².